The minimum absolute atomic E-state index is 0.0288. The van der Waals surface area contributed by atoms with Crippen LogP contribution in [0, 0.1) is 11.3 Å². The molecule has 3 fully saturated rings. The average Bonchev–Trinajstić information content (AvgIpc) is 3.55. The van der Waals surface area contributed by atoms with Gasteiger partial charge < -0.3 is 44.9 Å². The highest BCUT2D eigenvalue weighted by Gasteiger charge is 2.61. The van der Waals surface area contributed by atoms with Gasteiger partial charge in [0.2, 0.25) is 11.8 Å². The standard InChI is InChI=1S/C40H52N6O9S/c1-9-22-18-40(22,36(49)50)45-34(47)29-14-24(19-46(29)35(48)33(39(4,5)6)44-38(51)55-23-12-10-11-13-23)54-30-17-27(28-20-56-37(43-28)41-21(2)3)42-26-16-32(53-8)31(52-7)15-25(26)30/h9,15-17,20-24,29,33H,1,10-14,18-19H2,2-8H3,(H,41,43)(H,44,51)(H,45,47)(H,49,50). The van der Waals surface area contributed by atoms with Crippen LogP contribution in [0.25, 0.3) is 22.3 Å². The van der Waals surface area contributed by atoms with E-state index in [1.165, 1.54) is 36.5 Å². The third-order valence-corrected chi connectivity index (χ3v) is 11.3. The van der Waals surface area contributed by atoms with Crippen LogP contribution in [-0.2, 0) is 19.1 Å². The van der Waals surface area contributed by atoms with Crippen molar-refractivity contribution < 1.29 is 43.2 Å². The Hall–Kier alpha value is -5.12. The van der Waals surface area contributed by atoms with E-state index in [1.54, 1.807) is 18.2 Å². The maximum Gasteiger partial charge on any atom is 0.408 e. The van der Waals surface area contributed by atoms with E-state index >= 15 is 0 Å². The maximum absolute atomic E-state index is 14.6. The van der Waals surface area contributed by atoms with Crippen LogP contribution in [0.15, 0.2) is 36.2 Å². The van der Waals surface area contributed by atoms with Crippen molar-refractivity contribution in [2.45, 2.75) is 109 Å². The molecule has 0 bridgehead atoms. The number of carboxylic acids is 1. The number of carboxylic acid groups (broad SMARTS) is 1. The number of anilines is 1. The molecular weight excluding hydrogens is 741 g/mol. The van der Waals surface area contributed by atoms with Gasteiger partial charge in [-0.1, -0.05) is 26.8 Å². The second-order valence-electron chi connectivity index (χ2n) is 16.1. The summed E-state index contributed by atoms with van der Waals surface area (Å²) in [4.78, 5) is 65.3. The number of methoxy groups -OCH3 is 2. The van der Waals surface area contributed by atoms with Crippen molar-refractivity contribution >= 4 is 51.2 Å². The molecule has 2 saturated carbocycles. The van der Waals surface area contributed by atoms with E-state index in [1.807, 2.05) is 40.0 Å². The SMILES string of the molecule is C=CC1CC1(NC(=O)C1CC(Oc2cc(-c3csc(NC(C)C)n3)nc3cc(OC)c(OC)cc23)CN1C(=O)C(NC(=O)OC1CCCC1)C(C)(C)C)C(=O)O. The molecule has 16 heteroatoms. The number of pyridine rings is 1. The molecule has 0 radical (unpaired) electrons. The molecule has 3 aliphatic rings. The van der Waals surface area contributed by atoms with Gasteiger partial charge in [0.05, 0.1) is 32.0 Å². The first-order valence-corrected chi connectivity index (χ1v) is 19.9. The molecule has 2 aromatic heterocycles. The number of aromatic nitrogens is 2. The molecular formula is C40H52N6O9S. The van der Waals surface area contributed by atoms with Crippen LogP contribution in [0.2, 0.25) is 0 Å². The average molecular weight is 793 g/mol. The molecule has 3 amide bonds. The minimum atomic E-state index is -1.53. The van der Waals surface area contributed by atoms with Crippen molar-refractivity contribution in [2.75, 3.05) is 26.1 Å². The minimum Gasteiger partial charge on any atom is -0.493 e. The number of hydrogen-bond acceptors (Lipinski definition) is 12. The van der Waals surface area contributed by atoms with Crippen molar-refractivity contribution in [3.05, 3.63) is 36.2 Å². The van der Waals surface area contributed by atoms with Crippen LogP contribution in [-0.4, -0.2) is 100 Å². The van der Waals surface area contributed by atoms with Crippen LogP contribution in [0.3, 0.4) is 0 Å². The molecule has 6 rings (SSSR count). The summed E-state index contributed by atoms with van der Waals surface area (Å²) in [6, 6.07) is 3.22. The van der Waals surface area contributed by atoms with Crippen LogP contribution in [0.5, 0.6) is 17.2 Å². The Labute approximate surface area is 330 Å². The monoisotopic (exact) mass is 792 g/mol. The smallest absolute Gasteiger partial charge is 0.408 e. The highest BCUT2D eigenvalue weighted by Crippen LogP contribution is 2.45. The highest BCUT2D eigenvalue weighted by atomic mass is 32.1. The van der Waals surface area contributed by atoms with Crippen LogP contribution >= 0.6 is 11.3 Å². The maximum atomic E-state index is 14.6. The van der Waals surface area contributed by atoms with Gasteiger partial charge in [-0.05, 0) is 57.4 Å². The van der Waals surface area contributed by atoms with E-state index in [9.17, 15) is 24.3 Å². The van der Waals surface area contributed by atoms with Gasteiger partial charge in [0.25, 0.3) is 0 Å². The number of ether oxygens (including phenoxy) is 4. The van der Waals surface area contributed by atoms with E-state index < -0.39 is 58.9 Å². The number of amides is 3. The first-order chi connectivity index (χ1) is 26.6. The van der Waals surface area contributed by atoms with Gasteiger partial charge in [0.1, 0.15) is 41.3 Å². The molecule has 302 valence electrons. The number of hydrogen-bond donors (Lipinski definition) is 4. The molecule has 3 aromatic rings. The summed E-state index contributed by atoms with van der Waals surface area (Å²) in [5.41, 5.74) is -0.641. The normalized spacial score (nSPS) is 22.7. The summed E-state index contributed by atoms with van der Waals surface area (Å²) < 4.78 is 23.6. The number of rotatable bonds is 14. The zero-order valence-electron chi connectivity index (χ0n) is 33.0. The highest BCUT2D eigenvalue weighted by molar-refractivity contribution is 7.14. The summed E-state index contributed by atoms with van der Waals surface area (Å²) in [5, 5.41) is 22.2. The van der Waals surface area contributed by atoms with E-state index in [4.69, 9.17) is 28.9 Å². The number of nitrogens with zero attached hydrogens (tertiary/aromatic N) is 3. The van der Waals surface area contributed by atoms with Crippen molar-refractivity contribution in [1.82, 2.24) is 25.5 Å². The lowest BCUT2D eigenvalue weighted by atomic mass is 9.85. The zero-order chi connectivity index (χ0) is 40.5. The van der Waals surface area contributed by atoms with Crippen LogP contribution in [0.1, 0.15) is 73.1 Å². The molecule has 4 N–H and O–H groups in total. The third-order valence-electron chi connectivity index (χ3n) is 10.6. The van der Waals surface area contributed by atoms with E-state index in [0.29, 0.717) is 39.5 Å². The van der Waals surface area contributed by atoms with Gasteiger partial charge in [-0.2, -0.15) is 0 Å². The summed E-state index contributed by atoms with van der Waals surface area (Å²) in [6.07, 6.45) is 3.49. The molecule has 5 unspecified atom stereocenters. The fourth-order valence-electron chi connectivity index (χ4n) is 7.45. The number of alkyl carbamates (subject to hydrolysis) is 1. The fourth-order valence-corrected chi connectivity index (χ4v) is 8.30. The molecule has 56 heavy (non-hydrogen) atoms. The van der Waals surface area contributed by atoms with Crippen molar-refractivity contribution in [3.8, 4) is 28.6 Å². The van der Waals surface area contributed by atoms with Crippen molar-refractivity contribution in [1.29, 1.82) is 0 Å². The Morgan fingerprint density at radius 1 is 1.02 bits per heavy atom. The Morgan fingerprint density at radius 3 is 2.32 bits per heavy atom. The number of benzene rings is 1. The second-order valence-corrected chi connectivity index (χ2v) is 17.0. The van der Waals surface area contributed by atoms with Gasteiger partial charge >= 0.3 is 12.1 Å². The molecule has 3 heterocycles. The lowest BCUT2D eigenvalue weighted by Crippen LogP contribution is -2.59. The summed E-state index contributed by atoms with van der Waals surface area (Å²) >= 11 is 1.44. The molecule has 2 aliphatic carbocycles. The lowest BCUT2D eigenvalue weighted by Gasteiger charge is -2.35. The Balaban J connectivity index is 1.35. The van der Waals surface area contributed by atoms with Crippen molar-refractivity contribution in [3.63, 3.8) is 0 Å². The Bertz CT molecular complexity index is 1990. The molecule has 1 saturated heterocycles. The predicted octanol–water partition coefficient (Wildman–Crippen LogP) is 5.77. The van der Waals surface area contributed by atoms with E-state index in [0.717, 1.165) is 30.8 Å². The van der Waals surface area contributed by atoms with Gasteiger partial charge in [-0.15, -0.1) is 17.9 Å². The van der Waals surface area contributed by atoms with Gasteiger partial charge in [-0.25, -0.2) is 19.6 Å². The molecule has 1 aliphatic heterocycles. The second kappa shape index (κ2) is 16.2. The Kier molecular flexibility index (Phi) is 11.7. The number of carbonyl (C=O) groups excluding carboxylic acids is 3. The van der Waals surface area contributed by atoms with Crippen molar-refractivity contribution in [2.24, 2.45) is 11.3 Å². The topological polar surface area (TPSA) is 191 Å². The van der Waals surface area contributed by atoms with Crippen LogP contribution < -0.4 is 30.2 Å². The fraction of sp³-hybridized carbons (Fsp3) is 0.550. The number of carbonyl (C=O) groups is 4. The number of thiazole rings is 1. The van der Waals surface area contributed by atoms with Gasteiger partial charge in [0.15, 0.2) is 16.6 Å². The molecule has 15 nitrogen and oxygen atoms in total. The molecule has 5 atom stereocenters. The number of fused-ring (bicyclic) bond motifs is 1. The first-order valence-electron chi connectivity index (χ1n) is 19.0. The number of aliphatic carboxylic acids is 1. The van der Waals surface area contributed by atoms with Crippen LogP contribution in [0.4, 0.5) is 9.93 Å². The summed E-state index contributed by atoms with van der Waals surface area (Å²) in [5.74, 6) is -1.51. The Morgan fingerprint density at radius 2 is 1.71 bits per heavy atom. The molecule has 1 aromatic carbocycles. The number of likely N-dealkylation sites (tertiary alicyclic amines) is 1. The van der Waals surface area contributed by atoms with Gasteiger partial charge in [-0.3, -0.25) is 9.59 Å². The zero-order valence-corrected chi connectivity index (χ0v) is 33.8. The van der Waals surface area contributed by atoms with E-state index in [-0.39, 0.29) is 31.5 Å². The van der Waals surface area contributed by atoms with Gasteiger partial charge in [0, 0.05) is 41.3 Å². The quantitative estimate of drug-likeness (QED) is 0.144. The number of nitrogens with one attached hydrogen (secondary N) is 3. The third kappa shape index (κ3) is 8.49. The summed E-state index contributed by atoms with van der Waals surface area (Å²) in [7, 11) is 3.06. The first kappa shape index (κ1) is 40.5. The molecule has 0 spiro atoms. The van der Waals surface area contributed by atoms with E-state index in [2.05, 4.69) is 22.5 Å². The predicted molar refractivity (Wildman–Crippen MR) is 211 cm³/mol. The lowest BCUT2D eigenvalue weighted by molar-refractivity contribution is -0.146. The summed E-state index contributed by atoms with van der Waals surface area (Å²) in [6.45, 7) is 13.2. The largest absolute Gasteiger partial charge is 0.493 e.